The van der Waals surface area contributed by atoms with Crippen molar-refractivity contribution in [1.82, 2.24) is 9.55 Å². The molecule has 8 heteroatoms. The van der Waals surface area contributed by atoms with Gasteiger partial charge < -0.3 is 19.7 Å². The van der Waals surface area contributed by atoms with Crippen molar-refractivity contribution in [3.05, 3.63) is 59.4 Å². The Morgan fingerprint density at radius 3 is 2.39 bits per heavy atom. The number of carbonyl (C=O) groups is 2. The molecule has 1 heterocycles. The molecule has 0 aliphatic carbocycles. The van der Waals surface area contributed by atoms with Gasteiger partial charge in [-0.05, 0) is 70.0 Å². The quantitative estimate of drug-likeness (QED) is 0.224. The Bertz CT molecular complexity index is 1230. The minimum absolute atomic E-state index is 0.258. The average Bonchev–Trinajstić information content (AvgIpc) is 3.17. The number of nitrogens with zero attached hydrogens (tertiary/aromatic N) is 2. The third-order valence-electron chi connectivity index (χ3n) is 6.10. The van der Waals surface area contributed by atoms with E-state index >= 15 is 0 Å². The Kier molecular flexibility index (Phi) is 8.84. The molecule has 0 aliphatic rings. The summed E-state index contributed by atoms with van der Waals surface area (Å²) >= 11 is 1.30. The number of aliphatic carboxylic acids is 1. The first-order chi connectivity index (χ1) is 17.1. The Labute approximate surface area is 217 Å². The number of carboxylic acids is 1. The number of carbonyl (C=O) groups excluding carboxylic acids is 1. The van der Waals surface area contributed by atoms with E-state index < -0.39 is 10.7 Å². The first-order valence-corrected chi connectivity index (χ1v) is 12.9. The summed E-state index contributed by atoms with van der Waals surface area (Å²) in [5, 5.41) is 12.4. The molecule has 1 amide bonds. The number of amides is 1. The van der Waals surface area contributed by atoms with Crippen LogP contribution < -0.4 is 10.1 Å². The predicted octanol–water partition coefficient (Wildman–Crippen LogP) is 6.57. The molecule has 7 nitrogen and oxygen atoms in total. The normalized spacial score (nSPS) is 11.4. The van der Waals surface area contributed by atoms with Crippen molar-refractivity contribution in [1.29, 1.82) is 0 Å². The number of aryl methyl sites for hydroxylation is 1. The largest absolute Gasteiger partial charge is 0.497 e. The van der Waals surface area contributed by atoms with E-state index in [1.807, 2.05) is 56.3 Å². The van der Waals surface area contributed by atoms with Gasteiger partial charge in [-0.15, -0.1) is 11.8 Å². The molecular formula is C28H35N3O4S. The lowest BCUT2D eigenvalue weighted by Crippen LogP contribution is -2.26. The van der Waals surface area contributed by atoms with Crippen LogP contribution >= 0.6 is 11.8 Å². The first kappa shape index (κ1) is 27.3. The van der Waals surface area contributed by atoms with E-state index in [0.29, 0.717) is 11.4 Å². The third-order valence-corrected chi connectivity index (χ3v) is 7.30. The molecule has 0 fully saturated rings. The van der Waals surface area contributed by atoms with E-state index in [0.717, 1.165) is 59.1 Å². The van der Waals surface area contributed by atoms with Crippen LogP contribution in [0.15, 0.2) is 47.4 Å². The number of rotatable bonds is 11. The topological polar surface area (TPSA) is 93.5 Å². The van der Waals surface area contributed by atoms with Crippen molar-refractivity contribution < 1.29 is 19.4 Å². The molecule has 2 aromatic carbocycles. The van der Waals surface area contributed by atoms with Gasteiger partial charge in [0.15, 0.2) is 0 Å². The summed E-state index contributed by atoms with van der Waals surface area (Å²) in [6.45, 7) is 10.1. The van der Waals surface area contributed by atoms with Crippen LogP contribution in [0.4, 0.5) is 5.69 Å². The Hall–Kier alpha value is -3.26. The van der Waals surface area contributed by atoms with E-state index in [4.69, 9.17) is 9.72 Å². The maximum absolute atomic E-state index is 13.3. The van der Waals surface area contributed by atoms with Crippen LogP contribution in [0.25, 0.3) is 11.4 Å². The summed E-state index contributed by atoms with van der Waals surface area (Å²) in [5.74, 6) is 0.347. The summed E-state index contributed by atoms with van der Waals surface area (Å²) < 4.78 is 6.44. The molecular weight excluding hydrogens is 474 g/mol. The fourth-order valence-electron chi connectivity index (χ4n) is 3.86. The second kappa shape index (κ2) is 11.6. The fraction of sp³-hybridized carbons (Fsp3) is 0.393. The van der Waals surface area contributed by atoms with E-state index in [9.17, 15) is 14.7 Å². The van der Waals surface area contributed by atoms with Gasteiger partial charge in [0, 0.05) is 28.4 Å². The highest BCUT2D eigenvalue weighted by Gasteiger charge is 2.28. The second-order valence-corrected chi connectivity index (χ2v) is 11.0. The van der Waals surface area contributed by atoms with Crippen LogP contribution in [0.1, 0.15) is 61.8 Å². The third kappa shape index (κ3) is 6.29. The fourth-order valence-corrected chi connectivity index (χ4v) is 4.81. The van der Waals surface area contributed by atoms with Crippen molar-refractivity contribution >= 4 is 29.3 Å². The van der Waals surface area contributed by atoms with E-state index in [-0.39, 0.29) is 5.91 Å². The van der Waals surface area contributed by atoms with Crippen molar-refractivity contribution in [2.24, 2.45) is 0 Å². The van der Waals surface area contributed by atoms with Gasteiger partial charge in [-0.1, -0.05) is 31.9 Å². The average molecular weight is 510 g/mol. The van der Waals surface area contributed by atoms with Gasteiger partial charge in [-0.3, -0.25) is 9.59 Å². The van der Waals surface area contributed by atoms with Crippen molar-refractivity contribution in [2.45, 2.75) is 70.1 Å². The smallest absolute Gasteiger partial charge is 0.319 e. The van der Waals surface area contributed by atoms with E-state index in [2.05, 4.69) is 16.8 Å². The van der Waals surface area contributed by atoms with Crippen LogP contribution in [-0.2, 0) is 11.3 Å². The number of imidazole rings is 1. The monoisotopic (exact) mass is 509 g/mol. The number of unbranched alkanes of at least 4 members (excludes halogenated alkanes) is 2. The summed E-state index contributed by atoms with van der Waals surface area (Å²) in [5.41, 5.74) is 3.70. The van der Waals surface area contributed by atoms with Crippen LogP contribution in [0.2, 0.25) is 0 Å². The number of anilines is 1. The highest BCUT2D eigenvalue weighted by Crippen LogP contribution is 2.34. The molecule has 3 rings (SSSR count). The number of hydrogen-bond donors (Lipinski definition) is 2. The molecule has 0 radical (unpaired) electrons. The van der Waals surface area contributed by atoms with Crippen molar-refractivity contribution in [3.63, 3.8) is 0 Å². The lowest BCUT2D eigenvalue weighted by atomic mass is 10.2. The molecule has 0 saturated carbocycles. The maximum atomic E-state index is 13.3. The summed E-state index contributed by atoms with van der Waals surface area (Å²) in [6.07, 6.45) is 3.17. The Balaban J connectivity index is 1.93. The lowest BCUT2D eigenvalue weighted by molar-refractivity contribution is -0.138. The summed E-state index contributed by atoms with van der Waals surface area (Å²) in [7, 11) is 1.61. The number of carboxylic acid groups (broad SMARTS) is 1. The highest BCUT2D eigenvalue weighted by molar-refractivity contribution is 8.01. The Morgan fingerprint density at radius 2 is 1.81 bits per heavy atom. The molecule has 0 spiro atoms. The maximum Gasteiger partial charge on any atom is 0.319 e. The number of nitrogens with one attached hydrogen (secondary N) is 1. The molecule has 0 saturated heterocycles. The van der Waals surface area contributed by atoms with Gasteiger partial charge in [0.1, 0.15) is 22.0 Å². The molecule has 0 bridgehead atoms. The Morgan fingerprint density at radius 1 is 1.11 bits per heavy atom. The number of thioether (sulfide) groups is 1. The van der Waals surface area contributed by atoms with Crippen LogP contribution in [0.5, 0.6) is 5.75 Å². The minimum Gasteiger partial charge on any atom is -0.497 e. The van der Waals surface area contributed by atoms with Crippen molar-refractivity contribution in [2.75, 3.05) is 12.4 Å². The number of ether oxygens (including phenoxy) is 1. The van der Waals surface area contributed by atoms with Gasteiger partial charge in [0.05, 0.1) is 7.11 Å². The lowest BCUT2D eigenvalue weighted by Gasteiger charge is -2.18. The zero-order valence-electron chi connectivity index (χ0n) is 21.8. The van der Waals surface area contributed by atoms with Crippen LogP contribution in [0.3, 0.4) is 0 Å². The second-order valence-electron chi connectivity index (χ2n) is 9.31. The number of hydrogen-bond acceptors (Lipinski definition) is 5. The molecule has 0 atom stereocenters. The van der Waals surface area contributed by atoms with Crippen molar-refractivity contribution in [3.8, 4) is 17.1 Å². The van der Waals surface area contributed by atoms with Crippen LogP contribution in [-0.4, -0.2) is 38.4 Å². The van der Waals surface area contributed by atoms with E-state index in [1.165, 1.54) is 11.8 Å². The molecule has 3 aromatic rings. The highest BCUT2D eigenvalue weighted by atomic mass is 32.2. The molecule has 2 N–H and O–H groups in total. The molecule has 1 aromatic heterocycles. The number of benzene rings is 2. The van der Waals surface area contributed by atoms with Gasteiger partial charge in [-0.2, -0.15) is 0 Å². The van der Waals surface area contributed by atoms with Crippen LogP contribution in [0, 0.1) is 13.8 Å². The molecule has 192 valence electrons. The van der Waals surface area contributed by atoms with Gasteiger partial charge in [0.25, 0.3) is 5.91 Å². The molecule has 0 aliphatic heterocycles. The number of aromatic nitrogens is 2. The minimum atomic E-state index is -0.929. The molecule has 36 heavy (non-hydrogen) atoms. The zero-order valence-corrected chi connectivity index (χ0v) is 22.7. The molecule has 0 unspecified atom stereocenters. The first-order valence-electron chi connectivity index (χ1n) is 12.1. The van der Waals surface area contributed by atoms with Gasteiger partial charge >= 0.3 is 5.97 Å². The summed E-state index contributed by atoms with van der Waals surface area (Å²) in [4.78, 5) is 30.4. The van der Waals surface area contributed by atoms with Gasteiger partial charge in [-0.25, -0.2) is 4.98 Å². The van der Waals surface area contributed by atoms with E-state index in [1.54, 1.807) is 21.0 Å². The standard InChI is InChI=1S/C28H35N3O4S/c1-7-8-9-16-31-19(3)24(26(32)29-23-15-12-21(35-6)17-18(23)2)30-25(31)20-10-13-22(14-11-20)36-28(4,5)27(33)34/h10-15,17H,7-9,16H2,1-6H3,(H,29,32)(H,33,34). The zero-order chi connectivity index (χ0) is 26.5. The van der Waals surface area contributed by atoms with Gasteiger partial charge in [0.2, 0.25) is 0 Å². The summed E-state index contributed by atoms with van der Waals surface area (Å²) in [6, 6.07) is 13.2. The number of methoxy groups -OCH3 is 1. The SMILES string of the molecule is CCCCCn1c(-c2ccc(SC(C)(C)C(=O)O)cc2)nc(C(=O)Nc2ccc(OC)cc2C)c1C. The predicted molar refractivity (Wildman–Crippen MR) is 145 cm³/mol.